The molecule has 1 aliphatic rings. The summed E-state index contributed by atoms with van der Waals surface area (Å²) >= 11 is 1.24. The predicted molar refractivity (Wildman–Crippen MR) is 114 cm³/mol. The second kappa shape index (κ2) is 7.92. The van der Waals surface area contributed by atoms with Crippen molar-refractivity contribution in [2.45, 2.75) is 13.0 Å². The molecule has 30 heavy (non-hydrogen) atoms. The highest BCUT2D eigenvalue weighted by atomic mass is 32.1. The lowest BCUT2D eigenvalue weighted by molar-refractivity contribution is -0.117. The number of nitrogens with zero attached hydrogens (tertiary/aromatic N) is 2. The number of Topliss-reactive ketones (excluding diaryl/α,β-unsaturated/α-hetero) is 1. The number of aliphatic hydroxyl groups excluding tert-OH is 1. The number of thiophene rings is 1. The number of anilines is 2. The van der Waals surface area contributed by atoms with Crippen LogP contribution in [-0.4, -0.2) is 27.7 Å². The molecule has 0 spiro atoms. The van der Waals surface area contributed by atoms with E-state index in [0.717, 1.165) is 0 Å². The van der Waals surface area contributed by atoms with Crippen molar-refractivity contribution >= 4 is 40.3 Å². The molecule has 0 aliphatic carbocycles. The number of pyridine rings is 1. The molecule has 2 aromatic heterocycles. The summed E-state index contributed by atoms with van der Waals surface area (Å²) in [6.45, 7) is 1.40. The highest BCUT2D eigenvalue weighted by Gasteiger charge is 2.45. The Morgan fingerprint density at radius 3 is 2.47 bits per heavy atom. The van der Waals surface area contributed by atoms with Crippen LogP contribution in [0.3, 0.4) is 0 Å². The van der Waals surface area contributed by atoms with E-state index in [9.17, 15) is 19.5 Å². The number of hydrogen-bond donors (Lipinski definition) is 2. The number of carbonyl (C=O) groups is 3. The number of aromatic nitrogens is 1. The molecule has 4 rings (SSSR count). The van der Waals surface area contributed by atoms with E-state index in [1.54, 1.807) is 66.2 Å². The standard InChI is InChI=1S/C22H17N3O4S/c1-13(26)24-14-7-9-15(10-8-14)25-19(16-5-2-3-11-23-16)18(21(28)22(25)29)20(27)17-6-4-12-30-17/h2-12,19,28H,1H3,(H,24,26). The number of rotatable bonds is 5. The average molecular weight is 419 g/mol. The molecule has 8 heteroatoms. The highest BCUT2D eigenvalue weighted by molar-refractivity contribution is 7.12. The van der Waals surface area contributed by atoms with Crippen LogP contribution >= 0.6 is 11.3 Å². The van der Waals surface area contributed by atoms with Crippen molar-refractivity contribution in [3.63, 3.8) is 0 Å². The van der Waals surface area contributed by atoms with Crippen molar-refractivity contribution in [2.75, 3.05) is 10.2 Å². The maximum absolute atomic E-state index is 13.1. The topological polar surface area (TPSA) is 99.6 Å². The minimum Gasteiger partial charge on any atom is -0.503 e. The molecular weight excluding hydrogens is 402 g/mol. The molecule has 0 bridgehead atoms. The first-order valence-electron chi connectivity index (χ1n) is 9.11. The third-order valence-corrected chi connectivity index (χ3v) is 5.50. The summed E-state index contributed by atoms with van der Waals surface area (Å²) in [5.74, 6) is -1.90. The highest BCUT2D eigenvalue weighted by Crippen LogP contribution is 2.41. The number of aliphatic hydroxyl groups is 1. The largest absolute Gasteiger partial charge is 0.503 e. The molecule has 7 nitrogen and oxygen atoms in total. The van der Waals surface area contributed by atoms with Gasteiger partial charge in [-0.25, -0.2) is 0 Å². The summed E-state index contributed by atoms with van der Waals surface area (Å²) in [7, 11) is 0. The maximum atomic E-state index is 13.1. The fourth-order valence-electron chi connectivity index (χ4n) is 3.37. The first kappa shape index (κ1) is 19.5. The van der Waals surface area contributed by atoms with E-state index in [4.69, 9.17) is 0 Å². The lowest BCUT2D eigenvalue weighted by Crippen LogP contribution is -2.31. The number of ketones is 1. The number of amides is 2. The van der Waals surface area contributed by atoms with Crippen molar-refractivity contribution < 1.29 is 19.5 Å². The quantitative estimate of drug-likeness (QED) is 0.612. The van der Waals surface area contributed by atoms with Gasteiger partial charge in [-0.15, -0.1) is 11.3 Å². The van der Waals surface area contributed by atoms with E-state index in [0.29, 0.717) is 21.9 Å². The average Bonchev–Trinajstić information content (AvgIpc) is 3.36. The summed E-state index contributed by atoms with van der Waals surface area (Å²) in [6, 6.07) is 14.3. The molecule has 0 saturated heterocycles. The fraction of sp³-hybridized carbons (Fsp3) is 0.0909. The lowest BCUT2D eigenvalue weighted by atomic mass is 9.98. The van der Waals surface area contributed by atoms with Crippen molar-refractivity contribution in [3.8, 4) is 0 Å². The zero-order chi connectivity index (χ0) is 21.3. The summed E-state index contributed by atoms with van der Waals surface area (Å²) < 4.78 is 0. The number of benzene rings is 1. The zero-order valence-corrected chi connectivity index (χ0v) is 16.7. The Balaban J connectivity index is 1.80. The van der Waals surface area contributed by atoms with Gasteiger partial charge < -0.3 is 10.4 Å². The van der Waals surface area contributed by atoms with E-state index in [1.807, 2.05) is 0 Å². The first-order valence-corrected chi connectivity index (χ1v) is 9.99. The molecule has 150 valence electrons. The molecule has 1 aliphatic heterocycles. The van der Waals surface area contributed by atoms with Crippen LogP contribution in [0.25, 0.3) is 0 Å². The van der Waals surface area contributed by atoms with E-state index in [1.165, 1.54) is 23.2 Å². The minimum absolute atomic E-state index is 0.00733. The van der Waals surface area contributed by atoms with Crippen LogP contribution in [0.5, 0.6) is 0 Å². The van der Waals surface area contributed by atoms with Crippen LogP contribution in [0.4, 0.5) is 11.4 Å². The molecule has 1 atom stereocenters. The molecule has 2 amide bonds. The molecule has 0 fully saturated rings. The minimum atomic E-state index is -0.875. The van der Waals surface area contributed by atoms with Gasteiger partial charge >= 0.3 is 0 Å². The molecule has 2 N–H and O–H groups in total. The Kier molecular flexibility index (Phi) is 5.16. The third kappa shape index (κ3) is 3.48. The Morgan fingerprint density at radius 2 is 1.87 bits per heavy atom. The molecule has 3 heterocycles. The predicted octanol–water partition coefficient (Wildman–Crippen LogP) is 3.88. The van der Waals surface area contributed by atoms with Crippen LogP contribution in [0.15, 0.2) is 77.5 Å². The Labute approximate surface area is 176 Å². The Hall–Kier alpha value is -3.78. The fourth-order valence-corrected chi connectivity index (χ4v) is 4.05. The van der Waals surface area contributed by atoms with Gasteiger partial charge in [0, 0.05) is 24.5 Å². The second-order valence-corrected chi connectivity index (χ2v) is 7.58. The van der Waals surface area contributed by atoms with Gasteiger partial charge in [0.05, 0.1) is 16.1 Å². The van der Waals surface area contributed by atoms with Crippen LogP contribution in [0.1, 0.15) is 28.3 Å². The van der Waals surface area contributed by atoms with Gasteiger partial charge in [-0.3, -0.25) is 24.3 Å². The van der Waals surface area contributed by atoms with Gasteiger partial charge in [0.2, 0.25) is 11.7 Å². The van der Waals surface area contributed by atoms with Gasteiger partial charge in [0.25, 0.3) is 5.91 Å². The van der Waals surface area contributed by atoms with Gasteiger partial charge in [0.15, 0.2) is 5.76 Å². The van der Waals surface area contributed by atoms with Crippen molar-refractivity contribution in [1.29, 1.82) is 0 Å². The monoisotopic (exact) mass is 419 g/mol. The molecule has 1 unspecified atom stereocenters. The second-order valence-electron chi connectivity index (χ2n) is 6.63. The molecule has 1 aromatic carbocycles. The first-order chi connectivity index (χ1) is 14.5. The smallest absolute Gasteiger partial charge is 0.294 e. The van der Waals surface area contributed by atoms with Crippen LogP contribution in [0, 0.1) is 0 Å². The number of hydrogen-bond acceptors (Lipinski definition) is 6. The van der Waals surface area contributed by atoms with E-state index in [-0.39, 0.29) is 11.5 Å². The van der Waals surface area contributed by atoms with E-state index >= 15 is 0 Å². The molecular formula is C22H17N3O4S. The van der Waals surface area contributed by atoms with E-state index < -0.39 is 23.5 Å². The summed E-state index contributed by atoms with van der Waals surface area (Å²) in [6.07, 6.45) is 1.57. The van der Waals surface area contributed by atoms with Crippen molar-refractivity contribution in [3.05, 3.63) is 88.1 Å². The Morgan fingerprint density at radius 1 is 1.10 bits per heavy atom. The molecule has 0 radical (unpaired) electrons. The van der Waals surface area contributed by atoms with Crippen LogP contribution in [0.2, 0.25) is 0 Å². The zero-order valence-electron chi connectivity index (χ0n) is 15.9. The lowest BCUT2D eigenvalue weighted by Gasteiger charge is -2.26. The van der Waals surface area contributed by atoms with Crippen LogP contribution < -0.4 is 10.2 Å². The third-order valence-electron chi connectivity index (χ3n) is 4.63. The summed E-state index contributed by atoms with van der Waals surface area (Å²) in [5.41, 5.74) is 1.48. The van der Waals surface area contributed by atoms with Crippen LogP contribution in [-0.2, 0) is 9.59 Å². The van der Waals surface area contributed by atoms with Gasteiger partial charge in [-0.1, -0.05) is 12.1 Å². The SMILES string of the molecule is CC(=O)Nc1ccc(N2C(=O)C(O)=C(C(=O)c3cccs3)C2c2ccccn2)cc1. The summed E-state index contributed by atoms with van der Waals surface area (Å²) in [5, 5.41) is 15.1. The maximum Gasteiger partial charge on any atom is 0.294 e. The number of carbonyl (C=O) groups excluding carboxylic acids is 3. The molecule has 3 aromatic rings. The van der Waals surface area contributed by atoms with Crippen molar-refractivity contribution in [1.82, 2.24) is 4.98 Å². The van der Waals surface area contributed by atoms with Crippen molar-refractivity contribution in [2.24, 2.45) is 0 Å². The van der Waals surface area contributed by atoms with Gasteiger partial charge in [0.1, 0.15) is 6.04 Å². The number of nitrogens with one attached hydrogen (secondary N) is 1. The Bertz CT molecular complexity index is 1140. The van der Waals surface area contributed by atoms with Gasteiger partial charge in [-0.05, 0) is 47.8 Å². The molecule has 0 saturated carbocycles. The summed E-state index contributed by atoms with van der Waals surface area (Å²) in [4.78, 5) is 43.5. The van der Waals surface area contributed by atoms with E-state index in [2.05, 4.69) is 10.3 Å². The normalized spacial score (nSPS) is 16.1. The van der Waals surface area contributed by atoms with Gasteiger partial charge in [-0.2, -0.15) is 0 Å².